The zero-order valence-electron chi connectivity index (χ0n) is 10.9. The summed E-state index contributed by atoms with van der Waals surface area (Å²) in [6.45, 7) is 4.97. The molecule has 1 aromatic rings. The molecule has 1 rings (SSSR count). The van der Waals surface area contributed by atoms with Crippen molar-refractivity contribution >= 4 is 11.8 Å². The molecule has 1 heterocycles. The van der Waals surface area contributed by atoms with Gasteiger partial charge in [-0.05, 0) is 25.5 Å². The van der Waals surface area contributed by atoms with Crippen molar-refractivity contribution in [2.75, 3.05) is 0 Å². The van der Waals surface area contributed by atoms with Gasteiger partial charge in [-0.2, -0.15) is 8.78 Å². The molecule has 2 nitrogen and oxygen atoms in total. The molecule has 0 amide bonds. The molecular weight excluding hydrogens is 256 g/mol. The highest BCUT2D eigenvalue weighted by Gasteiger charge is 2.08. The van der Waals surface area contributed by atoms with Gasteiger partial charge in [0.2, 0.25) is 0 Å². The second-order valence-electron chi connectivity index (χ2n) is 4.36. The maximum absolute atomic E-state index is 12.0. The lowest BCUT2D eigenvalue weighted by molar-refractivity contribution is 0.251. The summed E-state index contributed by atoms with van der Waals surface area (Å²) >= 11 is 0.586. The average Bonchev–Trinajstić information content (AvgIpc) is 2.79. The van der Waals surface area contributed by atoms with Crippen LogP contribution in [0, 0.1) is 0 Å². The molecule has 0 saturated carbocycles. The summed E-state index contributed by atoms with van der Waals surface area (Å²) in [4.78, 5) is 0. The Balaban J connectivity index is 2.26. The van der Waals surface area contributed by atoms with Crippen molar-refractivity contribution in [1.29, 1.82) is 0 Å². The molecule has 0 radical (unpaired) electrons. The standard InChI is InChI=1S/C13H21F2NOS/c1-3-4-5-10(2)16-8-11-6-7-12(17-11)9-18-13(14)15/h6-7,10,13,16H,3-5,8-9H2,1-2H3. The number of thioether (sulfide) groups is 1. The minimum Gasteiger partial charge on any atom is -0.464 e. The maximum atomic E-state index is 12.0. The number of furan rings is 1. The van der Waals surface area contributed by atoms with E-state index in [0.717, 1.165) is 12.2 Å². The Morgan fingerprint density at radius 2 is 2.06 bits per heavy atom. The summed E-state index contributed by atoms with van der Waals surface area (Å²) in [5, 5.41) is 3.36. The fourth-order valence-electron chi connectivity index (χ4n) is 1.63. The van der Waals surface area contributed by atoms with Crippen LogP contribution in [0.15, 0.2) is 16.5 Å². The molecule has 1 unspecified atom stereocenters. The summed E-state index contributed by atoms with van der Waals surface area (Å²) < 4.78 is 29.5. The zero-order valence-corrected chi connectivity index (χ0v) is 11.7. The first-order valence-corrected chi connectivity index (χ1v) is 7.37. The van der Waals surface area contributed by atoms with Crippen LogP contribution < -0.4 is 5.32 Å². The summed E-state index contributed by atoms with van der Waals surface area (Å²) in [6.07, 6.45) is 3.55. The number of rotatable bonds is 9. The van der Waals surface area contributed by atoms with Gasteiger partial charge in [0.05, 0.1) is 12.3 Å². The molecule has 0 bridgehead atoms. The van der Waals surface area contributed by atoms with Crippen LogP contribution in [-0.4, -0.2) is 11.8 Å². The fraction of sp³-hybridized carbons (Fsp3) is 0.692. The molecule has 0 spiro atoms. The molecule has 0 aliphatic heterocycles. The smallest absolute Gasteiger partial charge is 0.284 e. The van der Waals surface area contributed by atoms with Crippen molar-refractivity contribution in [2.24, 2.45) is 0 Å². The molecule has 0 fully saturated rings. The Kier molecular flexibility index (Phi) is 7.35. The largest absolute Gasteiger partial charge is 0.464 e. The molecule has 1 atom stereocenters. The third kappa shape index (κ3) is 6.40. The van der Waals surface area contributed by atoms with E-state index in [0.29, 0.717) is 30.1 Å². The molecule has 5 heteroatoms. The van der Waals surface area contributed by atoms with Crippen LogP contribution in [0.5, 0.6) is 0 Å². The lowest BCUT2D eigenvalue weighted by Crippen LogP contribution is -2.24. The van der Waals surface area contributed by atoms with Crippen LogP contribution in [-0.2, 0) is 12.3 Å². The predicted octanol–water partition coefficient (Wildman–Crippen LogP) is 4.40. The molecule has 104 valence electrons. The summed E-state index contributed by atoms with van der Waals surface area (Å²) in [5.41, 5.74) is 0. The number of hydrogen-bond acceptors (Lipinski definition) is 3. The maximum Gasteiger partial charge on any atom is 0.284 e. The first kappa shape index (κ1) is 15.5. The Morgan fingerprint density at radius 1 is 1.33 bits per heavy atom. The number of unbranched alkanes of at least 4 members (excludes halogenated alkanes) is 1. The molecule has 1 N–H and O–H groups in total. The van der Waals surface area contributed by atoms with E-state index < -0.39 is 5.76 Å². The van der Waals surface area contributed by atoms with Crippen molar-refractivity contribution in [3.05, 3.63) is 23.7 Å². The van der Waals surface area contributed by atoms with Crippen LogP contribution in [0.3, 0.4) is 0 Å². The summed E-state index contributed by atoms with van der Waals surface area (Å²) in [7, 11) is 0. The molecule has 18 heavy (non-hydrogen) atoms. The number of nitrogens with one attached hydrogen (secondary N) is 1. The second kappa shape index (κ2) is 8.53. The van der Waals surface area contributed by atoms with Crippen molar-refractivity contribution in [3.8, 4) is 0 Å². The minimum atomic E-state index is -2.34. The van der Waals surface area contributed by atoms with Gasteiger partial charge < -0.3 is 9.73 Å². The van der Waals surface area contributed by atoms with Crippen LogP contribution in [0.25, 0.3) is 0 Å². The SMILES string of the molecule is CCCCC(C)NCc1ccc(CSC(F)F)o1. The monoisotopic (exact) mass is 277 g/mol. The van der Waals surface area contributed by atoms with Gasteiger partial charge in [0.25, 0.3) is 5.76 Å². The fourth-order valence-corrected chi connectivity index (χ4v) is 2.07. The molecule has 0 aliphatic carbocycles. The van der Waals surface area contributed by atoms with Crippen molar-refractivity contribution < 1.29 is 13.2 Å². The molecular formula is C13H21F2NOS. The Labute approximate surface area is 112 Å². The highest BCUT2D eigenvalue weighted by atomic mass is 32.2. The number of halogens is 2. The first-order chi connectivity index (χ1) is 8.61. The zero-order chi connectivity index (χ0) is 13.4. The Bertz CT molecular complexity index is 331. The van der Waals surface area contributed by atoms with Gasteiger partial charge in [0.1, 0.15) is 11.5 Å². The topological polar surface area (TPSA) is 25.2 Å². The molecule has 0 saturated heterocycles. The van der Waals surface area contributed by atoms with Gasteiger partial charge in [-0.1, -0.05) is 31.5 Å². The predicted molar refractivity (Wildman–Crippen MR) is 71.8 cm³/mol. The first-order valence-electron chi connectivity index (χ1n) is 6.32. The van der Waals surface area contributed by atoms with Crippen molar-refractivity contribution in [2.45, 2.75) is 57.2 Å². The van der Waals surface area contributed by atoms with Crippen LogP contribution in [0.1, 0.15) is 44.6 Å². The molecule has 0 aromatic carbocycles. The van der Waals surface area contributed by atoms with Crippen molar-refractivity contribution in [3.63, 3.8) is 0 Å². The Morgan fingerprint density at radius 3 is 2.72 bits per heavy atom. The minimum absolute atomic E-state index is 0.225. The van der Waals surface area contributed by atoms with Crippen molar-refractivity contribution in [1.82, 2.24) is 5.32 Å². The van der Waals surface area contributed by atoms with E-state index in [-0.39, 0.29) is 5.75 Å². The highest BCUT2D eigenvalue weighted by Crippen LogP contribution is 2.21. The average molecular weight is 277 g/mol. The van der Waals surface area contributed by atoms with E-state index in [1.807, 2.05) is 6.07 Å². The van der Waals surface area contributed by atoms with Gasteiger partial charge in [-0.15, -0.1) is 0 Å². The number of hydrogen-bond donors (Lipinski definition) is 1. The normalized spacial score (nSPS) is 13.2. The van der Waals surface area contributed by atoms with Crippen LogP contribution >= 0.6 is 11.8 Å². The lowest BCUT2D eigenvalue weighted by Gasteiger charge is -2.11. The van der Waals surface area contributed by atoms with Gasteiger partial charge >= 0.3 is 0 Å². The van der Waals surface area contributed by atoms with Crippen LogP contribution in [0.2, 0.25) is 0 Å². The molecule has 0 aliphatic rings. The second-order valence-corrected chi connectivity index (χ2v) is 5.34. The summed E-state index contributed by atoms with van der Waals surface area (Å²) in [6, 6.07) is 4.07. The van der Waals surface area contributed by atoms with E-state index in [1.54, 1.807) is 6.07 Å². The number of alkyl halides is 2. The van der Waals surface area contributed by atoms with E-state index in [9.17, 15) is 8.78 Å². The van der Waals surface area contributed by atoms with E-state index >= 15 is 0 Å². The van der Waals surface area contributed by atoms with Crippen LogP contribution in [0.4, 0.5) is 8.78 Å². The van der Waals surface area contributed by atoms with Gasteiger partial charge in [-0.3, -0.25) is 0 Å². The van der Waals surface area contributed by atoms with E-state index in [2.05, 4.69) is 19.2 Å². The Hall–Kier alpha value is -0.550. The van der Waals surface area contributed by atoms with E-state index in [4.69, 9.17) is 4.42 Å². The summed E-state index contributed by atoms with van der Waals surface area (Å²) in [5.74, 6) is -0.699. The third-order valence-corrected chi connectivity index (χ3v) is 3.39. The highest BCUT2D eigenvalue weighted by molar-refractivity contribution is 7.98. The lowest BCUT2D eigenvalue weighted by atomic mass is 10.1. The van der Waals surface area contributed by atoms with Gasteiger partial charge in [-0.25, -0.2) is 0 Å². The van der Waals surface area contributed by atoms with Gasteiger partial charge in [0, 0.05) is 6.04 Å². The molecule has 1 aromatic heterocycles. The quantitative estimate of drug-likeness (QED) is 0.724. The van der Waals surface area contributed by atoms with E-state index in [1.165, 1.54) is 12.8 Å². The third-order valence-electron chi connectivity index (χ3n) is 2.68. The van der Waals surface area contributed by atoms with Gasteiger partial charge in [0.15, 0.2) is 0 Å².